The molecule has 1 N–H and O–H groups in total. The molecule has 1 atom stereocenters. The van der Waals surface area contributed by atoms with Crippen LogP contribution in [0.2, 0.25) is 0 Å². The molecule has 118 valence electrons. The van der Waals surface area contributed by atoms with Crippen LogP contribution in [0.1, 0.15) is 50.2 Å². The molecule has 3 rings (SSSR count). The highest BCUT2D eigenvalue weighted by molar-refractivity contribution is 7.89. The van der Waals surface area contributed by atoms with E-state index in [0.29, 0.717) is 12.5 Å². The summed E-state index contributed by atoms with van der Waals surface area (Å²) in [6.45, 7) is 2.56. The molecule has 0 bridgehead atoms. The van der Waals surface area contributed by atoms with Gasteiger partial charge in [0.25, 0.3) is 0 Å². The Hall–Kier alpha value is -0.950. The minimum atomic E-state index is -3.18. The molecule has 0 spiro atoms. The number of aryl methyl sites for hydroxylation is 2. The first-order valence-electron chi connectivity index (χ1n) is 7.92. The second kappa shape index (κ2) is 6.04. The maximum atomic E-state index is 12.4. The van der Waals surface area contributed by atoms with E-state index in [-0.39, 0.29) is 11.8 Å². The maximum Gasteiger partial charge on any atom is 0.212 e. The zero-order valence-corrected chi connectivity index (χ0v) is 13.4. The Morgan fingerprint density at radius 1 is 1.19 bits per heavy atom. The van der Waals surface area contributed by atoms with Crippen LogP contribution in [0.15, 0.2) is 0 Å². The Morgan fingerprint density at radius 2 is 1.95 bits per heavy atom. The molecule has 0 aromatic carbocycles. The number of nitrogens with zero attached hydrogens (tertiary/aromatic N) is 3. The van der Waals surface area contributed by atoms with Crippen molar-refractivity contribution in [2.45, 2.75) is 64.5 Å². The van der Waals surface area contributed by atoms with Crippen LogP contribution >= 0.6 is 0 Å². The number of aromatic nitrogens is 3. The normalized spacial score (nSPS) is 24.0. The number of rotatable bonds is 4. The summed E-state index contributed by atoms with van der Waals surface area (Å²) in [4.78, 5) is 0. The zero-order valence-electron chi connectivity index (χ0n) is 12.6. The van der Waals surface area contributed by atoms with Crippen LogP contribution in [0, 0.1) is 12.8 Å². The quantitative estimate of drug-likeness (QED) is 0.911. The van der Waals surface area contributed by atoms with Crippen molar-refractivity contribution in [1.82, 2.24) is 19.5 Å². The molecule has 6 nitrogen and oxygen atoms in total. The van der Waals surface area contributed by atoms with E-state index >= 15 is 0 Å². The van der Waals surface area contributed by atoms with E-state index in [0.717, 1.165) is 37.3 Å². The van der Waals surface area contributed by atoms with Crippen molar-refractivity contribution in [3.8, 4) is 0 Å². The topological polar surface area (TPSA) is 76.9 Å². The van der Waals surface area contributed by atoms with Crippen LogP contribution in [-0.4, -0.2) is 35.0 Å². The Kier molecular flexibility index (Phi) is 4.31. The van der Waals surface area contributed by atoms with Gasteiger partial charge in [0.1, 0.15) is 11.6 Å². The van der Waals surface area contributed by atoms with Gasteiger partial charge >= 0.3 is 0 Å². The SMILES string of the molecule is Cc1nnc2n1CC(NS(=O)(=O)CC1CCCCC1)CC2. The summed E-state index contributed by atoms with van der Waals surface area (Å²) in [6, 6.07) is -0.0270. The molecular weight excluding hydrogens is 288 g/mol. The molecule has 2 aliphatic rings. The first-order chi connectivity index (χ1) is 10.0. The molecule has 1 saturated carbocycles. The largest absolute Gasteiger partial charge is 0.314 e. The third-order valence-corrected chi connectivity index (χ3v) is 6.26. The van der Waals surface area contributed by atoms with Crippen molar-refractivity contribution in [1.29, 1.82) is 0 Å². The van der Waals surface area contributed by atoms with E-state index in [2.05, 4.69) is 14.9 Å². The van der Waals surface area contributed by atoms with Crippen LogP contribution in [0.4, 0.5) is 0 Å². The van der Waals surface area contributed by atoms with Gasteiger partial charge in [-0.05, 0) is 32.1 Å². The lowest BCUT2D eigenvalue weighted by molar-refractivity contribution is 0.378. The van der Waals surface area contributed by atoms with E-state index in [9.17, 15) is 8.42 Å². The summed E-state index contributed by atoms with van der Waals surface area (Å²) >= 11 is 0. The minimum Gasteiger partial charge on any atom is -0.314 e. The summed E-state index contributed by atoms with van der Waals surface area (Å²) in [6.07, 6.45) is 7.31. The molecule has 7 heteroatoms. The van der Waals surface area contributed by atoms with E-state index in [1.165, 1.54) is 19.3 Å². The highest BCUT2D eigenvalue weighted by Gasteiger charge is 2.27. The Bertz CT molecular complexity index is 590. The summed E-state index contributed by atoms with van der Waals surface area (Å²) in [5, 5.41) is 8.18. The lowest BCUT2D eigenvalue weighted by Gasteiger charge is -2.26. The molecule has 1 aliphatic heterocycles. The molecule has 21 heavy (non-hydrogen) atoms. The molecule has 1 aromatic rings. The van der Waals surface area contributed by atoms with Gasteiger partial charge in [-0.25, -0.2) is 13.1 Å². The molecule has 2 heterocycles. The summed E-state index contributed by atoms with van der Waals surface area (Å²) < 4.78 is 29.6. The van der Waals surface area contributed by atoms with Gasteiger partial charge in [-0.3, -0.25) is 0 Å². The molecular formula is C14H24N4O2S. The molecule has 0 amide bonds. The third kappa shape index (κ3) is 3.63. The van der Waals surface area contributed by atoms with Crippen molar-refractivity contribution in [3.63, 3.8) is 0 Å². The van der Waals surface area contributed by atoms with Gasteiger partial charge in [-0.1, -0.05) is 19.3 Å². The van der Waals surface area contributed by atoms with E-state index < -0.39 is 10.0 Å². The molecule has 0 saturated heterocycles. The number of hydrogen-bond acceptors (Lipinski definition) is 4. The van der Waals surface area contributed by atoms with E-state index in [1.54, 1.807) is 0 Å². The molecule has 0 radical (unpaired) electrons. The maximum absolute atomic E-state index is 12.4. The average molecular weight is 312 g/mol. The van der Waals surface area contributed by atoms with Crippen LogP contribution in [0.25, 0.3) is 0 Å². The molecule has 1 unspecified atom stereocenters. The number of sulfonamides is 1. The second-order valence-electron chi connectivity index (χ2n) is 6.41. The predicted molar refractivity (Wildman–Crippen MR) is 80.4 cm³/mol. The number of nitrogens with one attached hydrogen (secondary N) is 1. The minimum absolute atomic E-state index is 0.0270. The van der Waals surface area contributed by atoms with Crippen LogP contribution in [0.3, 0.4) is 0 Å². The van der Waals surface area contributed by atoms with Gasteiger partial charge in [0.05, 0.1) is 5.75 Å². The van der Waals surface area contributed by atoms with Crippen molar-refractivity contribution in [2.75, 3.05) is 5.75 Å². The highest BCUT2D eigenvalue weighted by Crippen LogP contribution is 2.25. The van der Waals surface area contributed by atoms with Gasteiger partial charge < -0.3 is 4.57 Å². The van der Waals surface area contributed by atoms with Gasteiger partial charge in [-0.2, -0.15) is 0 Å². The Balaban J connectivity index is 1.59. The Labute approximate surface area is 126 Å². The van der Waals surface area contributed by atoms with Crippen molar-refractivity contribution >= 4 is 10.0 Å². The fraction of sp³-hybridized carbons (Fsp3) is 0.857. The fourth-order valence-electron chi connectivity index (χ4n) is 3.52. The lowest BCUT2D eigenvalue weighted by atomic mass is 9.91. The molecule has 1 aromatic heterocycles. The second-order valence-corrected chi connectivity index (χ2v) is 8.21. The standard InChI is InChI=1S/C14H24N4O2S/c1-11-15-16-14-8-7-13(9-18(11)14)17-21(19,20)10-12-5-3-2-4-6-12/h12-13,17H,2-10H2,1H3. The smallest absolute Gasteiger partial charge is 0.212 e. The van der Waals surface area contributed by atoms with Gasteiger partial charge in [0, 0.05) is 19.0 Å². The highest BCUT2D eigenvalue weighted by atomic mass is 32.2. The van der Waals surface area contributed by atoms with Crippen molar-refractivity contribution in [3.05, 3.63) is 11.6 Å². The van der Waals surface area contributed by atoms with Gasteiger partial charge in [-0.15, -0.1) is 10.2 Å². The van der Waals surface area contributed by atoms with E-state index in [1.807, 2.05) is 11.5 Å². The first-order valence-corrected chi connectivity index (χ1v) is 9.57. The van der Waals surface area contributed by atoms with Gasteiger partial charge in [0.15, 0.2) is 0 Å². The summed E-state index contributed by atoms with van der Waals surface area (Å²) in [5.41, 5.74) is 0. The number of hydrogen-bond donors (Lipinski definition) is 1. The average Bonchev–Trinajstić information content (AvgIpc) is 2.80. The van der Waals surface area contributed by atoms with Crippen molar-refractivity contribution in [2.24, 2.45) is 5.92 Å². The first kappa shape index (κ1) is 15.0. The molecule has 1 aliphatic carbocycles. The lowest BCUT2D eigenvalue weighted by Crippen LogP contribution is -2.43. The van der Waals surface area contributed by atoms with Crippen LogP contribution in [0.5, 0.6) is 0 Å². The van der Waals surface area contributed by atoms with Crippen LogP contribution in [-0.2, 0) is 23.0 Å². The third-order valence-electron chi connectivity index (χ3n) is 4.66. The Morgan fingerprint density at radius 3 is 2.71 bits per heavy atom. The summed E-state index contributed by atoms with van der Waals surface area (Å²) in [7, 11) is -3.18. The molecule has 1 fully saturated rings. The van der Waals surface area contributed by atoms with Gasteiger partial charge in [0.2, 0.25) is 10.0 Å². The van der Waals surface area contributed by atoms with E-state index in [4.69, 9.17) is 0 Å². The predicted octanol–water partition coefficient (Wildman–Crippen LogP) is 1.40. The zero-order chi connectivity index (χ0) is 14.9. The summed E-state index contributed by atoms with van der Waals surface area (Å²) in [5.74, 6) is 2.46. The number of fused-ring (bicyclic) bond motifs is 1. The monoisotopic (exact) mass is 312 g/mol. The van der Waals surface area contributed by atoms with Crippen LogP contribution < -0.4 is 4.72 Å². The fourth-order valence-corrected chi connectivity index (χ4v) is 5.28. The van der Waals surface area contributed by atoms with Crippen molar-refractivity contribution < 1.29 is 8.42 Å².